The second kappa shape index (κ2) is 10.4. The molecule has 2 heterocycles. The Bertz CT molecular complexity index is 1230. The molecule has 3 aromatic carbocycles. The second-order valence-electron chi connectivity index (χ2n) is 8.91. The van der Waals surface area contributed by atoms with E-state index in [0.29, 0.717) is 22.8 Å². The summed E-state index contributed by atoms with van der Waals surface area (Å²) in [5.74, 6) is 1.89. The molecule has 0 spiro atoms. The van der Waals surface area contributed by atoms with Gasteiger partial charge in [0.2, 0.25) is 5.75 Å². The highest BCUT2D eigenvalue weighted by Gasteiger charge is 2.55. The van der Waals surface area contributed by atoms with Gasteiger partial charge in [0.1, 0.15) is 0 Å². The van der Waals surface area contributed by atoms with Gasteiger partial charge in [0.05, 0.1) is 44.0 Å². The number of carbonyl (C=O) groups excluding carboxylic acids is 1. The molecule has 1 N–H and O–H groups in total. The fourth-order valence-electron chi connectivity index (χ4n) is 5.36. The lowest BCUT2D eigenvalue weighted by atomic mass is 9.81. The van der Waals surface area contributed by atoms with Gasteiger partial charge in [-0.25, -0.2) is 0 Å². The van der Waals surface area contributed by atoms with E-state index in [9.17, 15) is 9.90 Å². The van der Waals surface area contributed by atoms with Crippen LogP contribution >= 0.6 is 23.5 Å². The van der Waals surface area contributed by atoms with E-state index in [1.54, 1.807) is 12.1 Å². The number of hydrogen-bond donors (Lipinski definition) is 1. The fraction of sp³-hybridized carbons (Fsp3) is 0.393. The average molecular weight is 527 g/mol. The highest BCUT2D eigenvalue weighted by Crippen LogP contribution is 2.61. The molecular weight excluding hydrogens is 496 g/mol. The van der Waals surface area contributed by atoms with E-state index < -0.39 is 16.1 Å². The number of benzene rings is 3. The van der Waals surface area contributed by atoms with E-state index in [1.165, 1.54) is 32.3 Å². The highest BCUT2D eigenvalue weighted by molar-refractivity contribution is 8.18. The Morgan fingerprint density at radius 1 is 0.972 bits per heavy atom. The number of aliphatic hydroxyl groups excluding tert-OH is 1. The minimum atomic E-state index is -1.10. The quantitative estimate of drug-likeness (QED) is 0.410. The Balaban J connectivity index is 1.62. The van der Waals surface area contributed by atoms with Crippen molar-refractivity contribution in [3.63, 3.8) is 0 Å². The summed E-state index contributed by atoms with van der Waals surface area (Å²) in [5.41, 5.74) is 1.71. The first-order valence-electron chi connectivity index (χ1n) is 11.9. The lowest BCUT2D eigenvalue weighted by molar-refractivity contribution is -0.144. The summed E-state index contributed by atoms with van der Waals surface area (Å²) in [6.07, 6.45) is -0.00240. The fourth-order valence-corrected chi connectivity index (χ4v) is 9.08. The standard InChI is InChI=1S/C28H30O6S2/c1-31-22-14-18(15-23(32-2)26(22)33-3)25(29)24-21(16-34-27(24)30)28(35-12-7-13-36-28)20-11-6-9-17-8-4-5-10-19(17)20/h4-6,8-11,14-15,21,24-25,29H,7,12-13,16H2,1-3H3/t21-,24-,25+/m1/s1. The van der Waals surface area contributed by atoms with Crippen LogP contribution in [-0.2, 0) is 13.6 Å². The second-order valence-corrected chi connectivity index (χ2v) is 11.9. The maximum Gasteiger partial charge on any atom is 0.312 e. The van der Waals surface area contributed by atoms with E-state index in [4.69, 9.17) is 18.9 Å². The molecule has 0 aromatic heterocycles. The van der Waals surface area contributed by atoms with Crippen molar-refractivity contribution in [3.05, 3.63) is 65.7 Å². The minimum Gasteiger partial charge on any atom is -0.493 e. The molecule has 3 atom stereocenters. The van der Waals surface area contributed by atoms with Crippen molar-refractivity contribution in [1.82, 2.24) is 0 Å². The molecule has 2 saturated heterocycles. The van der Waals surface area contributed by atoms with Crippen LogP contribution in [0.1, 0.15) is 23.7 Å². The van der Waals surface area contributed by atoms with Gasteiger partial charge >= 0.3 is 5.97 Å². The summed E-state index contributed by atoms with van der Waals surface area (Å²) < 4.78 is 21.7. The molecule has 5 rings (SSSR count). The largest absolute Gasteiger partial charge is 0.493 e. The predicted octanol–water partition coefficient (Wildman–Crippen LogP) is 5.41. The number of methoxy groups -OCH3 is 3. The SMILES string of the molecule is COc1cc([C@H](O)[C@@H]2C(=O)OC[C@H]2C2(c3cccc4ccccc34)SCCCS2)cc(OC)c1OC. The number of fused-ring (bicyclic) bond motifs is 1. The Labute approximate surface area is 219 Å². The van der Waals surface area contributed by atoms with Crippen molar-refractivity contribution in [1.29, 1.82) is 0 Å². The topological polar surface area (TPSA) is 74.2 Å². The third-order valence-electron chi connectivity index (χ3n) is 7.05. The molecule has 190 valence electrons. The molecule has 2 aliphatic heterocycles. The first-order chi connectivity index (χ1) is 17.5. The molecule has 0 amide bonds. The lowest BCUT2D eigenvalue weighted by Gasteiger charge is -2.43. The van der Waals surface area contributed by atoms with Gasteiger partial charge < -0.3 is 24.1 Å². The average Bonchev–Trinajstić information content (AvgIpc) is 3.33. The van der Waals surface area contributed by atoms with Crippen molar-refractivity contribution >= 4 is 40.3 Å². The van der Waals surface area contributed by atoms with Crippen LogP contribution in [0.2, 0.25) is 0 Å². The van der Waals surface area contributed by atoms with Gasteiger partial charge in [0, 0.05) is 5.92 Å². The molecule has 0 saturated carbocycles. The predicted molar refractivity (Wildman–Crippen MR) is 144 cm³/mol. The van der Waals surface area contributed by atoms with Gasteiger partial charge in [-0.2, -0.15) is 0 Å². The number of carbonyl (C=O) groups is 1. The number of thioether (sulfide) groups is 2. The molecule has 6 nitrogen and oxygen atoms in total. The van der Waals surface area contributed by atoms with Crippen molar-refractivity contribution in [2.75, 3.05) is 39.4 Å². The number of hydrogen-bond acceptors (Lipinski definition) is 8. The Morgan fingerprint density at radius 2 is 1.64 bits per heavy atom. The van der Waals surface area contributed by atoms with E-state index >= 15 is 0 Å². The molecule has 8 heteroatoms. The molecule has 2 aliphatic rings. The number of aliphatic hydroxyl groups is 1. The summed E-state index contributed by atoms with van der Waals surface area (Å²) in [6, 6.07) is 18.1. The summed E-state index contributed by atoms with van der Waals surface area (Å²) in [7, 11) is 4.60. The summed E-state index contributed by atoms with van der Waals surface area (Å²) in [6.45, 7) is 0.258. The zero-order chi connectivity index (χ0) is 25.3. The normalized spacial score (nSPS) is 22.2. The van der Waals surface area contributed by atoms with Crippen LogP contribution < -0.4 is 14.2 Å². The van der Waals surface area contributed by atoms with Crippen LogP contribution in [0, 0.1) is 11.8 Å². The number of cyclic esters (lactones) is 1. The van der Waals surface area contributed by atoms with Crippen molar-refractivity contribution in [3.8, 4) is 17.2 Å². The van der Waals surface area contributed by atoms with Crippen LogP contribution in [0.15, 0.2) is 54.6 Å². The van der Waals surface area contributed by atoms with Gasteiger partial charge in [-0.05, 0) is 52.0 Å². The van der Waals surface area contributed by atoms with E-state index in [1.807, 2.05) is 29.6 Å². The maximum atomic E-state index is 13.2. The molecule has 36 heavy (non-hydrogen) atoms. The van der Waals surface area contributed by atoms with Gasteiger partial charge in [0.25, 0.3) is 0 Å². The monoisotopic (exact) mass is 526 g/mol. The molecule has 0 unspecified atom stereocenters. The van der Waals surface area contributed by atoms with E-state index in [0.717, 1.165) is 23.3 Å². The van der Waals surface area contributed by atoms with Crippen LogP contribution in [0.5, 0.6) is 17.2 Å². The van der Waals surface area contributed by atoms with E-state index in [-0.39, 0.29) is 18.5 Å². The molecule has 0 bridgehead atoms. The van der Waals surface area contributed by atoms with Crippen molar-refractivity contribution in [2.45, 2.75) is 16.6 Å². The van der Waals surface area contributed by atoms with E-state index in [2.05, 4.69) is 36.4 Å². The molecule has 0 aliphatic carbocycles. The van der Waals surface area contributed by atoms with Crippen molar-refractivity contribution in [2.24, 2.45) is 11.8 Å². The summed E-state index contributed by atoms with van der Waals surface area (Å²) in [4.78, 5) is 13.2. The first-order valence-corrected chi connectivity index (χ1v) is 13.9. The van der Waals surface area contributed by atoms with Gasteiger partial charge in [-0.1, -0.05) is 42.5 Å². The summed E-state index contributed by atoms with van der Waals surface area (Å²) in [5, 5.41) is 14.0. The zero-order valence-corrected chi connectivity index (χ0v) is 22.2. The maximum absolute atomic E-state index is 13.2. The summed E-state index contributed by atoms with van der Waals surface area (Å²) >= 11 is 3.73. The number of ether oxygens (including phenoxy) is 4. The molecule has 0 radical (unpaired) electrons. The number of rotatable bonds is 7. The third kappa shape index (κ3) is 4.19. The lowest BCUT2D eigenvalue weighted by Crippen LogP contribution is -2.39. The highest BCUT2D eigenvalue weighted by atomic mass is 32.2. The Kier molecular flexibility index (Phi) is 7.28. The zero-order valence-electron chi connectivity index (χ0n) is 20.6. The minimum absolute atomic E-state index is 0.236. The molecule has 2 fully saturated rings. The molecular formula is C28H30O6S2. The smallest absolute Gasteiger partial charge is 0.312 e. The third-order valence-corrected chi connectivity index (χ3v) is 10.7. The van der Waals surface area contributed by atoms with Crippen LogP contribution in [0.4, 0.5) is 0 Å². The Hall–Kier alpha value is -2.55. The van der Waals surface area contributed by atoms with Gasteiger partial charge in [-0.3, -0.25) is 4.79 Å². The first kappa shape index (κ1) is 25.1. The van der Waals surface area contributed by atoms with Crippen LogP contribution in [0.3, 0.4) is 0 Å². The Morgan fingerprint density at radius 3 is 2.31 bits per heavy atom. The van der Waals surface area contributed by atoms with Gasteiger partial charge in [-0.15, -0.1) is 23.5 Å². The van der Waals surface area contributed by atoms with Crippen molar-refractivity contribution < 1.29 is 28.8 Å². The number of esters is 1. The molecule has 3 aromatic rings. The van der Waals surface area contributed by atoms with Crippen LogP contribution in [-0.4, -0.2) is 50.5 Å². The van der Waals surface area contributed by atoms with Crippen LogP contribution in [0.25, 0.3) is 10.8 Å². The van der Waals surface area contributed by atoms with Gasteiger partial charge in [0.15, 0.2) is 11.5 Å².